The van der Waals surface area contributed by atoms with Gasteiger partial charge in [-0.1, -0.05) is 6.07 Å². The van der Waals surface area contributed by atoms with Crippen molar-refractivity contribution in [1.82, 2.24) is 4.90 Å². The first-order valence-electron chi connectivity index (χ1n) is 6.64. The highest BCUT2D eigenvalue weighted by Gasteiger charge is 2.30. The number of hydrogen-bond donors (Lipinski definition) is 1. The van der Waals surface area contributed by atoms with Crippen molar-refractivity contribution in [3.8, 4) is 0 Å². The van der Waals surface area contributed by atoms with Gasteiger partial charge in [0.05, 0.1) is 0 Å². The number of carbonyl (C=O) groups is 2. The third-order valence-electron chi connectivity index (χ3n) is 2.86. The Labute approximate surface area is 127 Å². The van der Waals surface area contributed by atoms with Crippen LogP contribution in [0.4, 0.5) is 13.6 Å². The van der Waals surface area contributed by atoms with Gasteiger partial charge >= 0.3 is 12.1 Å². The van der Waals surface area contributed by atoms with Gasteiger partial charge in [-0.3, -0.25) is 4.90 Å². The maximum absolute atomic E-state index is 13.6. The lowest BCUT2D eigenvalue weighted by Gasteiger charge is -2.28. The molecule has 1 N–H and O–H groups in total. The van der Waals surface area contributed by atoms with Crippen LogP contribution in [0.1, 0.15) is 26.3 Å². The molecule has 0 radical (unpaired) electrons. The van der Waals surface area contributed by atoms with Gasteiger partial charge in [-0.05, 0) is 32.4 Å². The highest BCUT2D eigenvalue weighted by atomic mass is 19.1. The number of amides is 1. The van der Waals surface area contributed by atoms with Crippen LogP contribution < -0.4 is 0 Å². The summed E-state index contributed by atoms with van der Waals surface area (Å²) in [7, 11) is 1.26. The van der Waals surface area contributed by atoms with Gasteiger partial charge in [-0.15, -0.1) is 0 Å². The van der Waals surface area contributed by atoms with Gasteiger partial charge in [0.1, 0.15) is 23.3 Å². The van der Waals surface area contributed by atoms with Crippen molar-refractivity contribution < 1.29 is 28.2 Å². The van der Waals surface area contributed by atoms with Crippen LogP contribution in [-0.2, 0) is 16.0 Å². The van der Waals surface area contributed by atoms with Crippen molar-refractivity contribution in [3.63, 3.8) is 0 Å². The molecule has 5 nitrogen and oxygen atoms in total. The summed E-state index contributed by atoms with van der Waals surface area (Å²) in [4.78, 5) is 24.2. The molecule has 0 heterocycles. The average Bonchev–Trinajstić information content (AvgIpc) is 2.34. The van der Waals surface area contributed by atoms with Gasteiger partial charge in [-0.25, -0.2) is 18.4 Å². The minimum absolute atomic E-state index is 0.00390. The molecular formula is C15H19F2NO4. The summed E-state index contributed by atoms with van der Waals surface area (Å²) in [5, 5.41) is 9.25. The zero-order valence-electron chi connectivity index (χ0n) is 12.9. The maximum atomic E-state index is 13.6. The zero-order chi connectivity index (χ0) is 17.1. The number of hydrogen-bond acceptors (Lipinski definition) is 3. The molecule has 7 heteroatoms. The van der Waals surface area contributed by atoms with Gasteiger partial charge in [0, 0.05) is 19.5 Å². The molecule has 1 amide bonds. The standard InChI is InChI=1S/C15H19F2NO4/c1-15(2,3)22-14(21)18(4)12(13(19)20)7-9-5-6-10(16)8-11(9)17/h5-6,8,12H,7H2,1-4H3,(H,19,20)/t12-/m0/s1. The van der Waals surface area contributed by atoms with Crippen LogP contribution in [0.3, 0.4) is 0 Å². The summed E-state index contributed by atoms with van der Waals surface area (Å²) in [5.41, 5.74) is -0.778. The molecule has 0 aliphatic heterocycles. The number of aliphatic carboxylic acids is 1. The van der Waals surface area contributed by atoms with E-state index in [0.717, 1.165) is 17.0 Å². The lowest BCUT2D eigenvalue weighted by atomic mass is 10.0. The molecule has 0 aliphatic carbocycles. The molecule has 0 aromatic heterocycles. The SMILES string of the molecule is CN(C(=O)OC(C)(C)C)[C@@H](Cc1ccc(F)cc1F)C(=O)O. The highest BCUT2D eigenvalue weighted by Crippen LogP contribution is 2.16. The van der Waals surface area contributed by atoms with Crippen LogP contribution in [-0.4, -0.2) is 40.8 Å². The van der Waals surface area contributed by atoms with E-state index in [-0.39, 0.29) is 12.0 Å². The first-order valence-corrected chi connectivity index (χ1v) is 6.64. The lowest BCUT2D eigenvalue weighted by Crippen LogP contribution is -2.46. The minimum atomic E-state index is -1.32. The van der Waals surface area contributed by atoms with Crippen molar-refractivity contribution in [2.75, 3.05) is 7.05 Å². The third-order valence-corrected chi connectivity index (χ3v) is 2.86. The molecule has 1 rings (SSSR count). The van der Waals surface area contributed by atoms with E-state index < -0.39 is 35.3 Å². The molecule has 1 aromatic rings. The second-order valence-electron chi connectivity index (χ2n) is 5.89. The summed E-state index contributed by atoms with van der Waals surface area (Å²) >= 11 is 0. The number of carboxylic acids is 1. The van der Waals surface area contributed by atoms with Gasteiger partial charge in [0.2, 0.25) is 0 Å². The number of nitrogens with zero attached hydrogens (tertiary/aromatic N) is 1. The van der Waals surface area contributed by atoms with Gasteiger partial charge in [0.25, 0.3) is 0 Å². The van der Waals surface area contributed by atoms with Crippen molar-refractivity contribution in [3.05, 3.63) is 35.4 Å². The maximum Gasteiger partial charge on any atom is 0.410 e. The zero-order valence-corrected chi connectivity index (χ0v) is 12.9. The Morgan fingerprint density at radius 1 is 1.32 bits per heavy atom. The van der Waals surface area contributed by atoms with Crippen LogP contribution in [0, 0.1) is 11.6 Å². The van der Waals surface area contributed by atoms with Gasteiger partial charge < -0.3 is 9.84 Å². The molecule has 0 unspecified atom stereocenters. The predicted octanol–water partition coefficient (Wildman–Crippen LogP) is 2.83. The fraction of sp³-hybridized carbons (Fsp3) is 0.467. The number of halogens is 2. The van der Waals surface area contributed by atoms with E-state index in [1.807, 2.05) is 0 Å². The molecular weight excluding hydrogens is 296 g/mol. The lowest BCUT2D eigenvalue weighted by molar-refractivity contribution is -0.142. The fourth-order valence-electron chi connectivity index (χ4n) is 1.75. The minimum Gasteiger partial charge on any atom is -0.480 e. The van der Waals surface area contributed by atoms with Crippen molar-refractivity contribution >= 4 is 12.1 Å². The Kier molecular flexibility index (Phi) is 5.46. The average molecular weight is 315 g/mol. The molecule has 0 aliphatic rings. The molecule has 0 bridgehead atoms. The predicted molar refractivity (Wildman–Crippen MR) is 75.5 cm³/mol. The van der Waals surface area contributed by atoms with Crippen LogP contribution in [0.15, 0.2) is 18.2 Å². The number of benzene rings is 1. The van der Waals surface area contributed by atoms with Crippen LogP contribution in [0.2, 0.25) is 0 Å². The number of rotatable bonds is 4. The molecule has 1 atom stereocenters. The second kappa shape index (κ2) is 6.72. The van der Waals surface area contributed by atoms with Crippen LogP contribution in [0.25, 0.3) is 0 Å². The van der Waals surface area contributed by atoms with Crippen molar-refractivity contribution in [1.29, 1.82) is 0 Å². The molecule has 1 aromatic carbocycles. The van der Waals surface area contributed by atoms with Crippen LogP contribution >= 0.6 is 0 Å². The van der Waals surface area contributed by atoms with Crippen molar-refractivity contribution in [2.45, 2.75) is 38.8 Å². The summed E-state index contributed by atoms with van der Waals surface area (Å²) < 4.78 is 31.6. The first kappa shape index (κ1) is 17.9. The third kappa shape index (κ3) is 4.98. The Bertz CT molecular complexity index is 569. The van der Waals surface area contributed by atoms with E-state index in [1.165, 1.54) is 7.05 Å². The van der Waals surface area contributed by atoms with E-state index in [1.54, 1.807) is 20.8 Å². The molecule has 22 heavy (non-hydrogen) atoms. The summed E-state index contributed by atoms with van der Waals surface area (Å²) in [5.74, 6) is -2.92. The Morgan fingerprint density at radius 2 is 1.91 bits per heavy atom. The molecule has 0 fully saturated rings. The van der Waals surface area contributed by atoms with E-state index in [2.05, 4.69) is 0 Å². The molecule has 0 saturated carbocycles. The van der Waals surface area contributed by atoms with E-state index >= 15 is 0 Å². The number of ether oxygens (including phenoxy) is 1. The molecule has 122 valence electrons. The van der Waals surface area contributed by atoms with E-state index in [0.29, 0.717) is 6.07 Å². The number of carbonyl (C=O) groups excluding carboxylic acids is 1. The highest BCUT2D eigenvalue weighted by molar-refractivity contribution is 5.80. The van der Waals surface area contributed by atoms with Crippen LogP contribution in [0.5, 0.6) is 0 Å². The topological polar surface area (TPSA) is 66.8 Å². The summed E-state index contributed by atoms with van der Waals surface area (Å²) in [6.45, 7) is 4.94. The Morgan fingerprint density at radius 3 is 2.36 bits per heavy atom. The largest absolute Gasteiger partial charge is 0.480 e. The molecule has 0 spiro atoms. The van der Waals surface area contributed by atoms with Gasteiger partial charge in [0.15, 0.2) is 0 Å². The van der Waals surface area contributed by atoms with Crippen molar-refractivity contribution in [2.24, 2.45) is 0 Å². The normalized spacial score (nSPS) is 12.6. The van der Waals surface area contributed by atoms with E-state index in [9.17, 15) is 23.5 Å². The summed E-state index contributed by atoms with van der Waals surface area (Å²) in [6, 6.07) is 1.53. The molecule has 0 saturated heterocycles. The number of likely N-dealkylation sites (N-methyl/N-ethyl adjacent to an activating group) is 1. The quantitative estimate of drug-likeness (QED) is 0.928. The smallest absolute Gasteiger partial charge is 0.410 e. The second-order valence-corrected chi connectivity index (χ2v) is 5.89. The first-order chi connectivity index (χ1) is 10.0. The van der Waals surface area contributed by atoms with Gasteiger partial charge in [-0.2, -0.15) is 0 Å². The summed E-state index contributed by atoms with van der Waals surface area (Å²) in [6.07, 6.45) is -1.13. The Balaban J connectivity index is 2.94. The van der Waals surface area contributed by atoms with E-state index in [4.69, 9.17) is 4.74 Å². The Hall–Kier alpha value is -2.18. The number of carboxylic acid groups (broad SMARTS) is 1. The monoisotopic (exact) mass is 315 g/mol. The fourth-order valence-corrected chi connectivity index (χ4v) is 1.75.